The molecule has 0 aromatic heterocycles. The molecule has 0 saturated heterocycles. The molecule has 3 nitrogen and oxygen atoms in total. The lowest BCUT2D eigenvalue weighted by atomic mass is 10.2. The maximum absolute atomic E-state index is 9.97. The van der Waals surface area contributed by atoms with Gasteiger partial charge in [0.25, 0.3) is 0 Å². The maximum Gasteiger partial charge on any atom is 0.137 e. The lowest BCUT2D eigenvalue weighted by Crippen LogP contribution is -1.86. The molecule has 1 N–H and O–H groups in total. The van der Waals surface area contributed by atoms with Crippen LogP contribution in [-0.2, 0) is 0 Å². The first-order valence-electron chi connectivity index (χ1n) is 5.57. The van der Waals surface area contributed by atoms with Gasteiger partial charge in [0.1, 0.15) is 11.5 Å². The number of benzene rings is 2. The van der Waals surface area contributed by atoms with Crippen LogP contribution >= 0.6 is 50.1 Å². The predicted molar refractivity (Wildman–Crippen MR) is 93.8 cm³/mol. The van der Waals surface area contributed by atoms with Crippen LogP contribution in [0.15, 0.2) is 39.8 Å². The SMILES string of the molecule is COc1ccc(N=Cc2cc(Br)cc(I)c2O)cc1Cl. The number of rotatable bonds is 3. The van der Waals surface area contributed by atoms with Gasteiger partial charge in [-0.2, -0.15) is 0 Å². The number of hydrogen-bond acceptors (Lipinski definition) is 3. The zero-order valence-corrected chi connectivity index (χ0v) is 14.9. The van der Waals surface area contributed by atoms with E-state index in [2.05, 4.69) is 43.5 Å². The number of methoxy groups -OCH3 is 1. The highest BCUT2D eigenvalue weighted by Crippen LogP contribution is 2.30. The van der Waals surface area contributed by atoms with Crippen molar-refractivity contribution in [2.45, 2.75) is 0 Å². The minimum absolute atomic E-state index is 0.206. The van der Waals surface area contributed by atoms with Crippen LogP contribution in [0.3, 0.4) is 0 Å². The van der Waals surface area contributed by atoms with Gasteiger partial charge in [-0.3, -0.25) is 4.99 Å². The molecule has 0 amide bonds. The summed E-state index contributed by atoms with van der Waals surface area (Å²) >= 11 is 11.5. The van der Waals surface area contributed by atoms with Gasteiger partial charge in [-0.15, -0.1) is 0 Å². The predicted octanol–water partition coefficient (Wildman–Crippen LogP) is 5.17. The summed E-state index contributed by atoms with van der Waals surface area (Å²) in [6, 6.07) is 8.88. The summed E-state index contributed by atoms with van der Waals surface area (Å²) in [4.78, 5) is 4.31. The molecule has 2 rings (SSSR count). The zero-order chi connectivity index (χ0) is 14.7. The Hall–Kier alpha value is -0.790. The van der Waals surface area contributed by atoms with Crippen molar-refractivity contribution in [3.63, 3.8) is 0 Å². The third-order valence-corrected chi connectivity index (χ3v) is 4.12. The summed E-state index contributed by atoms with van der Waals surface area (Å²) in [6.45, 7) is 0. The number of hydrogen-bond donors (Lipinski definition) is 1. The number of halogens is 3. The Kier molecular flexibility index (Phi) is 5.29. The zero-order valence-electron chi connectivity index (χ0n) is 10.4. The summed E-state index contributed by atoms with van der Waals surface area (Å²) in [5, 5.41) is 10.5. The molecule has 0 spiro atoms. The normalized spacial score (nSPS) is 11.0. The van der Waals surface area contributed by atoms with E-state index in [1.54, 1.807) is 37.6 Å². The Morgan fingerprint density at radius 1 is 1.35 bits per heavy atom. The van der Waals surface area contributed by atoms with E-state index >= 15 is 0 Å². The van der Waals surface area contributed by atoms with Crippen molar-refractivity contribution in [2.24, 2.45) is 4.99 Å². The maximum atomic E-state index is 9.97. The molecule has 0 heterocycles. The van der Waals surface area contributed by atoms with E-state index in [4.69, 9.17) is 16.3 Å². The van der Waals surface area contributed by atoms with Crippen LogP contribution in [0.1, 0.15) is 5.56 Å². The van der Waals surface area contributed by atoms with Gasteiger partial charge in [-0.05, 0) is 52.9 Å². The van der Waals surface area contributed by atoms with Gasteiger partial charge in [0.15, 0.2) is 0 Å². The lowest BCUT2D eigenvalue weighted by molar-refractivity contribution is 0.415. The Morgan fingerprint density at radius 3 is 2.75 bits per heavy atom. The van der Waals surface area contributed by atoms with Crippen LogP contribution in [-0.4, -0.2) is 18.4 Å². The van der Waals surface area contributed by atoms with E-state index in [-0.39, 0.29) is 5.75 Å². The molecular weight excluding hydrogens is 456 g/mol. The number of aromatic hydroxyl groups is 1. The van der Waals surface area contributed by atoms with Gasteiger partial charge in [0.2, 0.25) is 0 Å². The largest absolute Gasteiger partial charge is 0.506 e. The Morgan fingerprint density at radius 2 is 2.10 bits per heavy atom. The minimum atomic E-state index is 0.206. The van der Waals surface area contributed by atoms with Crippen LogP contribution in [0.4, 0.5) is 5.69 Å². The molecule has 2 aromatic carbocycles. The van der Waals surface area contributed by atoms with E-state index in [1.807, 2.05) is 6.07 Å². The van der Waals surface area contributed by atoms with E-state index in [0.717, 1.165) is 8.04 Å². The molecule has 0 fully saturated rings. The summed E-state index contributed by atoms with van der Waals surface area (Å²) in [5.41, 5.74) is 1.32. The molecule has 0 unspecified atom stereocenters. The Labute approximate surface area is 143 Å². The molecule has 20 heavy (non-hydrogen) atoms. The van der Waals surface area contributed by atoms with Crippen molar-refractivity contribution >= 4 is 62.0 Å². The first-order chi connectivity index (χ1) is 9.51. The fraction of sp³-hybridized carbons (Fsp3) is 0.0714. The van der Waals surface area contributed by atoms with Crippen molar-refractivity contribution in [2.75, 3.05) is 7.11 Å². The fourth-order valence-electron chi connectivity index (χ4n) is 1.56. The number of phenols is 1. The van der Waals surface area contributed by atoms with Crippen molar-refractivity contribution in [1.29, 1.82) is 0 Å². The van der Waals surface area contributed by atoms with Gasteiger partial charge in [-0.1, -0.05) is 27.5 Å². The van der Waals surface area contributed by atoms with E-state index in [9.17, 15) is 5.11 Å². The van der Waals surface area contributed by atoms with Gasteiger partial charge >= 0.3 is 0 Å². The quantitative estimate of drug-likeness (QED) is 0.501. The third-order valence-electron chi connectivity index (χ3n) is 2.55. The molecule has 104 valence electrons. The highest BCUT2D eigenvalue weighted by atomic mass is 127. The highest BCUT2D eigenvalue weighted by Gasteiger charge is 2.05. The molecule has 0 aliphatic heterocycles. The molecule has 0 bridgehead atoms. The third kappa shape index (κ3) is 3.65. The lowest BCUT2D eigenvalue weighted by Gasteiger charge is -2.04. The Balaban J connectivity index is 2.32. The number of nitrogens with zero attached hydrogens (tertiary/aromatic N) is 1. The smallest absolute Gasteiger partial charge is 0.137 e. The van der Waals surface area contributed by atoms with Crippen LogP contribution in [0, 0.1) is 3.57 Å². The summed E-state index contributed by atoms with van der Waals surface area (Å²) in [5.74, 6) is 0.808. The van der Waals surface area contributed by atoms with E-state index in [1.165, 1.54) is 0 Å². The minimum Gasteiger partial charge on any atom is -0.506 e. The van der Waals surface area contributed by atoms with Crippen molar-refractivity contribution in [3.8, 4) is 11.5 Å². The van der Waals surface area contributed by atoms with Crippen molar-refractivity contribution in [1.82, 2.24) is 0 Å². The molecule has 0 atom stereocenters. The van der Waals surface area contributed by atoms with Crippen LogP contribution in [0.5, 0.6) is 11.5 Å². The molecule has 2 aromatic rings. The standard InChI is InChI=1S/C14H10BrClINO2/c1-20-13-3-2-10(6-11(13)16)18-7-8-4-9(15)5-12(17)14(8)19/h2-7,19H,1H3. The molecule has 0 radical (unpaired) electrons. The molecule has 0 saturated carbocycles. The average Bonchev–Trinajstić information content (AvgIpc) is 2.41. The second-order valence-electron chi connectivity index (χ2n) is 3.90. The monoisotopic (exact) mass is 465 g/mol. The molecular formula is C14H10BrClINO2. The van der Waals surface area contributed by atoms with Gasteiger partial charge < -0.3 is 9.84 Å². The van der Waals surface area contributed by atoms with Crippen LogP contribution in [0.25, 0.3) is 0 Å². The van der Waals surface area contributed by atoms with E-state index in [0.29, 0.717) is 22.0 Å². The number of aliphatic imine (C=N–C) groups is 1. The number of ether oxygens (including phenoxy) is 1. The van der Waals surface area contributed by atoms with Gasteiger partial charge in [0.05, 0.1) is 21.4 Å². The van der Waals surface area contributed by atoms with Crippen molar-refractivity contribution < 1.29 is 9.84 Å². The second kappa shape index (κ2) is 6.78. The van der Waals surface area contributed by atoms with Gasteiger partial charge in [-0.25, -0.2) is 0 Å². The average molecular weight is 467 g/mol. The molecule has 6 heteroatoms. The first-order valence-corrected chi connectivity index (χ1v) is 7.82. The molecule has 0 aliphatic carbocycles. The highest BCUT2D eigenvalue weighted by molar-refractivity contribution is 14.1. The van der Waals surface area contributed by atoms with E-state index < -0.39 is 0 Å². The Bertz CT molecular complexity index is 676. The molecule has 0 aliphatic rings. The summed E-state index contributed by atoms with van der Waals surface area (Å²) < 4.78 is 6.72. The second-order valence-corrected chi connectivity index (χ2v) is 6.39. The first kappa shape index (κ1) is 15.6. The summed E-state index contributed by atoms with van der Waals surface area (Å²) in [7, 11) is 1.56. The van der Waals surface area contributed by atoms with Crippen molar-refractivity contribution in [3.05, 3.63) is 49.0 Å². The number of phenolic OH excluding ortho intramolecular Hbond substituents is 1. The van der Waals surface area contributed by atoms with Gasteiger partial charge in [0, 0.05) is 16.3 Å². The van der Waals surface area contributed by atoms with Crippen LogP contribution in [0.2, 0.25) is 5.02 Å². The fourth-order valence-corrected chi connectivity index (χ4v) is 3.37. The topological polar surface area (TPSA) is 41.8 Å². The summed E-state index contributed by atoms with van der Waals surface area (Å²) in [6.07, 6.45) is 1.60. The van der Waals surface area contributed by atoms with Crippen LogP contribution < -0.4 is 4.74 Å².